The van der Waals surface area contributed by atoms with E-state index in [2.05, 4.69) is 10.3 Å². The van der Waals surface area contributed by atoms with E-state index in [-0.39, 0.29) is 24.3 Å². The number of carbonyl (C=O) groups excluding carboxylic acids is 2. The molecule has 3 rings (SSSR count). The van der Waals surface area contributed by atoms with E-state index in [4.69, 9.17) is 9.15 Å². The van der Waals surface area contributed by atoms with Crippen LogP contribution in [0.3, 0.4) is 0 Å². The lowest BCUT2D eigenvalue weighted by molar-refractivity contribution is -0.153. The van der Waals surface area contributed by atoms with Crippen LogP contribution in [0.5, 0.6) is 0 Å². The number of rotatable bonds is 6. The highest BCUT2D eigenvalue weighted by atomic mass is 19.1. The molecule has 0 radical (unpaired) electrons. The van der Waals surface area contributed by atoms with Crippen molar-refractivity contribution >= 4 is 23.0 Å². The Morgan fingerprint density at radius 3 is 2.85 bits per heavy atom. The number of aliphatic hydroxyl groups is 1. The Balaban J connectivity index is 1.60. The van der Waals surface area contributed by atoms with E-state index >= 15 is 0 Å². The van der Waals surface area contributed by atoms with Crippen LogP contribution in [-0.4, -0.2) is 34.1 Å². The first-order chi connectivity index (χ1) is 12.4. The topological polar surface area (TPSA) is 102 Å². The molecule has 0 saturated heterocycles. The molecule has 2 unspecified atom stereocenters. The Labute approximate surface area is 149 Å². The van der Waals surface area contributed by atoms with Crippen molar-refractivity contribution in [1.29, 1.82) is 0 Å². The van der Waals surface area contributed by atoms with Crippen LogP contribution in [0.25, 0.3) is 11.1 Å². The molecule has 0 aliphatic heterocycles. The standard InChI is InChI=1S/C18H21FN2O5/c1-10(22)16(21-17(23)11-4-2-3-5-11)18(24)25-9-15-20-13-8-12(19)6-7-14(13)26-15/h6-8,10-11,16,22H,2-5,9H2,1H3,(H,21,23). The van der Waals surface area contributed by atoms with E-state index in [9.17, 15) is 19.1 Å². The molecular weight excluding hydrogens is 343 g/mol. The van der Waals surface area contributed by atoms with Gasteiger partial charge in [0.15, 0.2) is 18.2 Å². The zero-order chi connectivity index (χ0) is 18.7. The zero-order valence-corrected chi connectivity index (χ0v) is 14.4. The molecule has 1 heterocycles. The summed E-state index contributed by atoms with van der Waals surface area (Å²) < 4.78 is 23.7. The van der Waals surface area contributed by atoms with Gasteiger partial charge in [-0.3, -0.25) is 4.79 Å². The molecule has 2 atom stereocenters. The minimum Gasteiger partial charge on any atom is -0.454 e. The third-order valence-corrected chi connectivity index (χ3v) is 4.49. The Morgan fingerprint density at radius 1 is 1.42 bits per heavy atom. The molecule has 1 fully saturated rings. The fourth-order valence-corrected chi connectivity index (χ4v) is 3.07. The summed E-state index contributed by atoms with van der Waals surface area (Å²) in [7, 11) is 0. The third kappa shape index (κ3) is 4.19. The van der Waals surface area contributed by atoms with Crippen LogP contribution in [0.4, 0.5) is 4.39 Å². The molecule has 2 N–H and O–H groups in total. The van der Waals surface area contributed by atoms with Crippen molar-refractivity contribution < 1.29 is 28.2 Å². The molecule has 1 aromatic carbocycles. The number of aromatic nitrogens is 1. The van der Waals surface area contributed by atoms with Gasteiger partial charge < -0.3 is 19.6 Å². The second-order valence-electron chi connectivity index (χ2n) is 6.54. The summed E-state index contributed by atoms with van der Waals surface area (Å²) in [4.78, 5) is 28.5. The van der Waals surface area contributed by atoms with E-state index < -0.39 is 23.9 Å². The Bertz CT molecular complexity index is 798. The van der Waals surface area contributed by atoms with E-state index in [1.165, 1.54) is 25.1 Å². The number of aliphatic hydroxyl groups excluding tert-OH is 1. The fourth-order valence-electron chi connectivity index (χ4n) is 3.07. The first kappa shape index (κ1) is 18.3. The molecule has 1 aliphatic carbocycles. The number of halogens is 1. The van der Waals surface area contributed by atoms with Crippen molar-refractivity contribution in [2.45, 2.75) is 51.4 Å². The van der Waals surface area contributed by atoms with E-state index in [0.29, 0.717) is 11.1 Å². The van der Waals surface area contributed by atoms with Gasteiger partial charge in [0.1, 0.15) is 11.3 Å². The van der Waals surface area contributed by atoms with Gasteiger partial charge >= 0.3 is 5.97 Å². The van der Waals surface area contributed by atoms with Crippen molar-refractivity contribution in [2.24, 2.45) is 5.92 Å². The normalized spacial score (nSPS) is 17.2. The minimum atomic E-state index is -1.16. The summed E-state index contributed by atoms with van der Waals surface area (Å²) in [5.74, 6) is -1.50. The van der Waals surface area contributed by atoms with Gasteiger partial charge in [-0.15, -0.1) is 0 Å². The lowest BCUT2D eigenvalue weighted by atomic mass is 10.1. The first-order valence-corrected chi connectivity index (χ1v) is 8.64. The number of carbonyl (C=O) groups is 2. The molecule has 0 bridgehead atoms. The highest BCUT2D eigenvalue weighted by Crippen LogP contribution is 2.25. The number of nitrogens with one attached hydrogen (secondary N) is 1. The monoisotopic (exact) mass is 364 g/mol. The van der Waals surface area contributed by atoms with E-state index in [1.54, 1.807) is 0 Å². The molecule has 7 nitrogen and oxygen atoms in total. The van der Waals surface area contributed by atoms with Gasteiger partial charge in [-0.2, -0.15) is 0 Å². The van der Waals surface area contributed by atoms with Crippen LogP contribution in [0.2, 0.25) is 0 Å². The van der Waals surface area contributed by atoms with E-state index in [1.807, 2.05) is 0 Å². The van der Waals surface area contributed by atoms with E-state index in [0.717, 1.165) is 25.7 Å². The molecule has 1 aliphatic rings. The minimum absolute atomic E-state index is 0.102. The number of fused-ring (bicyclic) bond motifs is 1. The number of benzene rings is 1. The second kappa shape index (κ2) is 7.82. The number of hydrogen-bond donors (Lipinski definition) is 2. The number of esters is 1. The average molecular weight is 364 g/mol. The van der Waals surface area contributed by atoms with Crippen LogP contribution in [0.15, 0.2) is 22.6 Å². The summed E-state index contributed by atoms with van der Waals surface area (Å²) in [5.41, 5.74) is 0.691. The summed E-state index contributed by atoms with van der Waals surface area (Å²) in [6, 6.07) is 2.73. The first-order valence-electron chi connectivity index (χ1n) is 8.64. The molecule has 1 saturated carbocycles. The van der Waals surface area contributed by atoms with Crippen LogP contribution in [-0.2, 0) is 20.9 Å². The third-order valence-electron chi connectivity index (χ3n) is 4.49. The van der Waals surface area contributed by atoms with Gasteiger partial charge in [0.05, 0.1) is 6.10 Å². The van der Waals surface area contributed by atoms with Gasteiger partial charge in [-0.25, -0.2) is 14.2 Å². The second-order valence-corrected chi connectivity index (χ2v) is 6.54. The van der Waals surface area contributed by atoms with Crippen molar-refractivity contribution in [1.82, 2.24) is 10.3 Å². The summed E-state index contributed by atoms with van der Waals surface area (Å²) in [5, 5.41) is 12.4. The summed E-state index contributed by atoms with van der Waals surface area (Å²) in [6.45, 7) is 1.13. The fraction of sp³-hybridized carbons (Fsp3) is 0.500. The number of oxazole rings is 1. The van der Waals surface area contributed by atoms with Crippen molar-refractivity contribution in [2.75, 3.05) is 0 Å². The lowest BCUT2D eigenvalue weighted by Crippen LogP contribution is -2.50. The number of nitrogens with zero attached hydrogens (tertiary/aromatic N) is 1. The molecule has 140 valence electrons. The number of amides is 1. The molecular formula is C18H21FN2O5. The smallest absolute Gasteiger partial charge is 0.331 e. The predicted octanol–water partition coefficient (Wildman–Crippen LogP) is 2.07. The Morgan fingerprint density at radius 2 is 2.15 bits per heavy atom. The quantitative estimate of drug-likeness (QED) is 0.761. The molecule has 0 spiro atoms. The van der Waals surface area contributed by atoms with Crippen molar-refractivity contribution in [3.8, 4) is 0 Å². The Hall–Kier alpha value is -2.48. The SMILES string of the molecule is CC(O)C(NC(=O)C1CCCC1)C(=O)OCc1nc2cc(F)ccc2o1. The van der Waals surface area contributed by atoms with Crippen LogP contribution < -0.4 is 5.32 Å². The van der Waals surface area contributed by atoms with Gasteiger partial charge in [-0.1, -0.05) is 12.8 Å². The maximum absolute atomic E-state index is 13.2. The largest absolute Gasteiger partial charge is 0.454 e. The highest BCUT2D eigenvalue weighted by molar-refractivity contribution is 5.86. The average Bonchev–Trinajstić information content (AvgIpc) is 3.26. The summed E-state index contributed by atoms with van der Waals surface area (Å²) in [6.07, 6.45) is 2.44. The molecule has 1 amide bonds. The van der Waals surface area contributed by atoms with Crippen LogP contribution >= 0.6 is 0 Å². The molecule has 8 heteroatoms. The number of ether oxygens (including phenoxy) is 1. The Kier molecular flexibility index (Phi) is 5.51. The van der Waals surface area contributed by atoms with Gasteiger partial charge in [-0.05, 0) is 31.9 Å². The van der Waals surface area contributed by atoms with Crippen LogP contribution in [0, 0.1) is 11.7 Å². The van der Waals surface area contributed by atoms with Crippen LogP contribution in [0.1, 0.15) is 38.5 Å². The lowest BCUT2D eigenvalue weighted by Gasteiger charge is -2.21. The van der Waals surface area contributed by atoms with Crippen molar-refractivity contribution in [3.05, 3.63) is 29.9 Å². The zero-order valence-electron chi connectivity index (χ0n) is 14.4. The van der Waals surface area contributed by atoms with Crippen molar-refractivity contribution in [3.63, 3.8) is 0 Å². The highest BCUT2D eigenvalue weighted by Gasteiger charge is 2.31. The maximum atomic E-state index is 13.2. The summed E-state index contributed by atoms with van der Waals surface area (Å²) >= 11 is 0. The number of hydrogen-bond acceptors (Lipinski definition) is 6. The van der Waals surface area contributed by atoms with Gasteiger partial charge in [0.2, 0.25) is 11.8 Å². The predicted molar refractivity (Wildman–Crippen MR) is 89.3 cm³/mol. The van der Waals surface area contributed by atoms with Gasteiger partial charge in [0, 0.05) is 12.0 Å². The molecule has 26 heavy (non-hydrogen) atoms. The molecule has 2 aromatic rings. The van der Waals surface area contributed by atoms with Gasteiger partial charge in [0.25, 0.3) is 0 Å². The maximum Gasteiger partial charge on any atom is 0.331 e. The molecule has 1 aromatic heterocycles.